The van der Waals surface area contributed by atoms with Crippen LogP contribution in [-0.4, -0.2) is 24.5 Å². The van der Waals surface area contributed by atoms with Gasteiger partial charge in [-0.25, -0.2) is 4.79 Å². The second-order valence-corrected chi connectivity index (χ2v) is 6.11. The molecule has 1 aliphatic carbocycles. The molecule has 6 heteroatoms. The number of hydrogen-bond donors (Lipinski definition) is 1. The van der Waals surface area contributed by atoms with Gasteiger partial charge in [-0.05, 0) is 36.6 Å². The minimum absolute atomic E-state index is 0.349. The van der Waals surface area contributed by atoms with E-state index >= 15 is 0 Å². The molecule has 0 unspecified atom stereocenters. The van der Waals surface area contributed by atoms with Gasteiger partial charge in [0.15, 0.2) is 0 Å². The van der Waals surface area contributed by atoms with Crippen LogP contribution in [0.1, 0.15) is 31.2 Å². The third-order valence-electron chi connectivity index (χ3n) is 3.77. The largest absolute Gasteiger partial charge is 0.467 e. The summed E-state index contributed by atoms with van der Waals surface area (Å²) < 4.78 is 4.82. The highest BCUT2D eigenvalue weighted by molar-refractivity contribution is 6.35. The predicted octanol–water partition coefficient (Wildman–Crippen LogP) is 3.61. The van der Waals surface area contributed by atoms with Crippen molar-refractivity contribution < 1.29 is 14.3 Å². The van der Waals surface area contributed by atoms with Crippen molar-refractivity contribution in [3.05, 3.63) is 39.9 Å². The Balaban J connectivity index is 2.08. The maximum Gasteiger partial charge on any atom is 0.331 e. The van der Waals surface area contributed by atoms with E-state index in [9.17, 15) is 9.59 Å². The maximum absolute atomic E-state index is 12.1. The Bertz CT molecular complexity index is 607. The maximum atomic E-state index is 12.1. The van der Waals surface area contributed by atoms with Gasteiger partial charge in [-0.2, -0.15) is 0 Å². The van der Waals surface area contributed by atoms with Crippen LogP contribution in [0.2, 0.25) is 10.0 Å². The van der Waals surface area contributed by atoms with E-state index in [0.717, 1.165) is 12.8 Å². The van der Waals surface area contributed by atoms with E-state index in [1.54, 1.807) is 24.3 Å². The van der Waals surface area contributed by atoms with Gasteiger partial charge < -0.3 is 10.1 Å². The van der Waals surface area contributed by atoms with Crippen LogP contribution in [0.25, 0.3) is 6.08 Å². The molecule has 1 aliphatic rings. The molecule has 0 bridgehead atoms. The highest BCUT2D eigenvalue weighted by Crippen LogP contribution is 2.31. The smallest absolute Gasteiger partial charge is 0.331 e. The number of nitrogens with one attached hydrogen (secondary N) is 1. The first-order valence-electron chi connectivity index (χ1n) is 7.00. The lowest BCUT2D eigenvalue weighted by molar-refractivity contribution is -0.150. The fraction of sp³-hybridized carbons (Fsp3) is 0.375. The second kappa shape index (κ2) is 7.16. The molecule has 1 N–H and O–H groups in total. The molecule has 0 heterocycles. The van der Waals surface area contributed by atoms with E-state index in [1.165, 1.54) is 13.2 Å². The van der Waals surface area contributed by atoms with E-state index in [4.69, 9.17) is 27.9 Å². The fourth-order valence-corrected chi connectivity index (χ4v) is 3.11. The van der Waals surface area contributed by atoms with Crippen LogP contribution in [-0.2, 0) is 14.3 Å². The molecule has 0 atom stereocenters. The van der Waals surface area contributed by atoms with Crippen LogP contribution in [0.3, 0.4) is 0 Å². The average molecular weight is 342 g/mol. The number of ether oxygens (including phenoxy) is 1. The zero-order valence-electron chi connectivity index (χ0n) is 12.2. The topological polar surface area (TPSA) is 55.4 Å². The van der Waals surface area contributed by atoms with Crippen molar-refractivity contribution in [2.45, 2.75) is 31.2 Å². The molecule has 0 radical (unpaired) electrons. The molecular weight excluding hydrogens is 325 g/mol. The fourth-order valence-electron chi connectivity index (χ4n) is 2.63. The van der Waals surface area contributed by atoms with Gasteiger partial charge in [-0.15, -0.1) is 0 Å². The van der Waals surface area contributed by atoms with Crippen LogP contribution in [0.4, 0.5) is 0 Å². The summed E-state index contributed by atoms with van der Waals surface area (Å²) in [5.41, 5.74) is -0.222. The van der Waals surface area contributed by atoms with E-state index in [2.05, 4.69) is 5.32 Å². The lowest BCUT2D eigenvalue weighted by Crippen LogP contribution is -2.52. The Hall–Kier alpha value is -1.52. The van der Waals surface area contributed by atoms with Crippen molar-refractivity contribution in [2.24, 2.45) is 0 Å². The highest BCUT2D eigenvalue weighted by atomic mass is 35.5. The molecule has 1 fully saturated rings. The minimum Gasteiger partial charge on any atom is -0.467 e. The van der Waals surface area contributed by atoms with Crippen LogP contribution >= 0.6 is 23.2 Å². The molecule has 22 heavy (non-hydrogen) atoms. The number of amides is 1. The summed E-state index contributed by atoms with van der Waals surface area (Å²) in [6, 6.07) is 5.02. The summed E-state index contributed by atoms with van der Waals surface area (Å²) in [5, 5.41) is 3.76. The van der Waals surface area contributed by atoms with E-state index in [-0.39, 0.29) is 5.91 Å². The molecule has 1 amide bonds. The first-order chi connectivity index (χ1) is 10.5. The SMILES string of the molecule is COC(=O)C1(NC(=O)C=Cc2ccc(Cl)cc2Cl)CCCC1. The summed E-state index contributed by atoms with van der Waals surface area (Å²) in [7, 11) is 1.33. The van der Waals surface area contributed by atoms with Crippen LogP contribution in [0, 0.1) is 0 Å². The second-order valence-electron chi connectivity index (χ2n) is 5.27. The Kier molecular flexibility index (Phi) is 5.48. The van der Waals surface area contributed by atoms with E-state index in [1.807, 2.05) is 0 Å². The summed E-state index contributed by atoms with van der Waals surface area (Å²) in [6.45, 7) is 0. The van der Waals surface area contributed by atoms with Gasteiger partial charge in [-0.1, -0.05) is 42.1 Å². The predicted molar refractivity (Wildman–Crippen MR) is 86.9 cm³/mol. The number of halogens is 2. The van der Waals surface area contributed by atoms with Gasteiger partial charge in [0.25, 0.3) is 0 Å². The standard InChI is InChI=1S/C16H17Cl2NO3/c1-22-15(21)16(8-2-3-9-16)19-14(20)7-5-11-4-6-12(17)10-13(11)18/h4-7,10H,2-3,8-9H2,1H3,(H,19,20). The lowest BCUT2D eigenvalue weighted by atomic mass is 9.97. The summed E-state index contributed by atoms with van der Waals surface area (Å²) >= 11 is 11.9. The van der Waals surface area contributed by atoms with Crippen molar-refractivity contribution >= 4 is 41.2 Å². The van der Waals surface area contributed by atoms with E-state index in [0.29, 0.717) is 28.5 Å². The number of carbonyl (C=O) groups is 2. The van der Waals surface area contributed by atoms with Crippen LogP contribution in [0.15, 0.2) is 24.3 Å². The number of carbonyl (C=O) groups excluding carboxylic acids is 2. The molecule has 4 nitrogen and oxygen atoms in total. The molecule has 0 spiro atoms. The van der Waals surface area contributed by atoms with Crippen molar-refractivity contribution in [2.75, 3.05) is 7.11 Å². The molecule has 0 saturated heterocycles. The Morgan fingerprint density at radius 1 is 1.27 bits per heavy atom. The Labute approximate surface area is 139 Å². The molecule has 0 aliphatic heterocycles. The van der Waals surface area contributed by atoms with E-state index < -0.39 is 11.5 Å². The number of hydrogen-bond acceptors (Lipinski definition) is 3. The molecule has 1 saturated carbocycles. The monoisotopic (exact) mass is 341 g/mol. The van der Waals surface area contributed by atoms with Gasteiger partial charge in [0.05, 0.1) is 7.11 Å². The highest BCUT2D eigenvalue weighted by Gasteiger charge is 2.43. The number of esters is 1. The van der Waals surface area contributed by atoms with Crippen LogP contribution < -0.4 is 5.32 Å². The zero-order chi connectivity index (χ0) is 16.2. The molecule has 2 rings (SSSR count). The first kappa shape index (κ1) is 16.8. The summed E-state index contributed by atoms with van der Waals surface area (Å²) in [5.74, 6) is -0.741. The van der Waals surface area contributed by atoms with Crippen molar-refractivity contribution in [1.29, 1.82) is 0 Å². The van der Waals surface area contributed by atoms with Crippen LogP contribution in [0.5, 0.6) is 0 Å². The Morgan fingerprint density at radius 2 is 1.95 bits per heavy atom. The van der Waals surface area contributed by atoms with Gasteiger partial charge >= 0.3 is 5.97 Å². The molecule has 0 aromatic heterocycles. The summed E-state index contributed by atoms with van der Waals surface area (Å²) in [6.07, 6.45) is 5.93. The first-order valence-corrected chi connectivity index (χ1v) is 7.76. The zero-order valence-corrected chi connectivity index (χ0v) is 13.7. The average Bonchev–Trinajstić information content (AvgIpc) is 2.95. The summed E-state index contributed by atoms with van der Waals surface area (Å²) in [4.78, 5) is 24.0. The number of benzene rings is 1. The molecule has 1 aromatic carbocycles. The minimum atomic E-state index is -0.903. The Morgan fingerprint density at radius 3 is 2.55 bits per heavy atom. The lowest BCUT2D eigenvalue weighted by Gasteiger charge is -2.26. The molecular formula is C16H17Cl2NO3. The quantitative estimate of drug-likeness (QED) is 0.672. The number of rotatable bonds is 4. The van der Waals surface area contributed by atoms with Gasteiger partial charge in [0.2, 0.25) is 5.91 Å². The van der Waals surface area contributed by atoms with Crippen molar-refractivity contribution in [3.8, 4) is 0 Å². The van der Waals surface area contributed by atoms with Crippen molar-refractivity contribution in [3.63, 3.8) is 0 Å². The third-order valence-corrected chi connectivity index (χ3v) is 4.33. The van der Waals surface area contributed by atoms with Crippen molar-refractivity contribution in [1.82, 2.24) is 5.32 Å². The molecule has 118 valence electrons. The third kappa shape index (κ3) is 3.81. The van der Waals surface area contributed by atoms with Gasteiger partial charge in [0.1, 0.15) is 5.54 Å². The molecule has 1 aromatic rings. The normalized spacial score (nSPS) is 16.7. The van der Waals surface area contributed by atoms with Gasteiger partial charge in [0, 0.05) is 16.1 Å². The number of methoxy groups -OCH3 is 1. The van der Waals surface area contributed by atoms with Gasteiger partial charge in [-0.3, -0.25) is 4.79 Å².